The van der Waals surface area contributed by atoms with Crippen LogP contribution in [0.5, 0.6) is 0 Å². The highest BCUT2D eigenvalue weighted by atomic mass is 35.5. The SMILES string of the molecule is Nc1cccc(C(F)(F)F)c1C(C(=O)OCCl)c1ccccc1. The predicted octanol–water partition coefficient (Wildman–Crippen LogP) is 4.16. The van der Waals surface area contributed by atoms with E-state index >= 15 is 0 Å². The fourth-order valence-corrected chi connectivity index (χ4v) is 2.46. The number of hydrogen-bond donors (Lipinski definition) is 1. The van der Waals surface area contributed by atoms with Gasteiger partial charge in [0.1, 0.15) is 5.92 Å². The Balaban J connectivity index is 2.68. The maximum atomic E-state index is 13.3. The Kier molecular flexibility index (Phi) is 5.15. The highest BCUT2D eigenvalue weighted by Gasteiger charge is 2.39. The lowest BCUT2D eigenvalue weighted by molar-refractivity contribution is -0.143. The molecule has 0 heterocycles. The average Bonchev–Trinajstić information content (AvgIpc) is 2.49. The van der Waals surface area contributed by atoms with E-state index in [0.717, 1.165) is 6.07 Å². The minimum atomic E-state index is -4.65. The largest absolute Gasteiger partial charge is 0.449 e. The van der Waals surface area contributed by atoms with Gasteiger partial charge in [0, 0.05) is 11.3 Å². The zero-order chi connectivity index (χ0) is 17.0. The van der Waals surface area contributed by atoms with Gasteiger partial charge in [-0.3, -0.25) is 4.79 Å². The van der Waals surface area contributed by atoms with Crippen LogP contribution in [0.2, 0.25) is 0 Å². The Labute approximate surface area is 135 Å². The summed E-state index contributed by atoms with van der Waals surface area (Å²) in [6.45, 7) is 0. The van der Waals surface area contributed by atoms with Crippen LogP contribution in [0.25, 0.3) is 0 Å². The summed E-state index contributed by atoms with van der Waals surface area (Å²) < 4.78 is 44.7. The molecule has 2 rings (SSSR count). The van der Waals surface area contributed by atoms with E-state index in [4.69, 9.17) is 22.1 Å². The number of esters is 1. The van der Waals surface area contributed by atoms with E-state index in [9.17, 15) is 18.0 Å². The fourth-order valence-electron chi connectivity index (χ4n) is 2.36. The summed E-state index contributed by atoms with van der Waals surface area (Å²) in [6.07, 6.45) is -4.65. The Morgan fingerprint density at radius 3 is 2.35 bits per heavy atom. The molecule has 2 N–H and O–H groups in total. The second kappa shape index (κ2) is 6.91. The van der Waals surface area contributed by atoms with Crippen LogP contribution in [0.15, 0.2) is 48.5 Å². The number of alkyl halides is 4. The Hall–Kier alpha value is -2.21. The lowest BCUT2D eigenvalue weighted by Crippen LogP contribution is -2.22. The van der Waals surface area contributed by atoms with Crippen LogP contribution in [-0.4, -0.2) is 12.0 Å². The summed E-state index contributed by atoms with van der Waals surface area (Å²) >= 11 is 5.39. The van der Waals surface area contributed by atoms with Gasteiger partial charge in [0.05, 0.1) is 5.56 Å². The quantitative estimate of drug-likeness (QED) is 0.515. The highest BCUT2D eigenvalue weighted by Crippen LogP contribution is 2.40. The van der Waals surface area contributed by atoms with Gasteiger partial charge in [-0.1, -0.05) is 48.0 Å². The summed E-state index contributed by atoms with van der Waals surface area (Å²) in [7, 11) is 0. The zero-order valence-electron chi connectivity index (χ0n) is 11.8. The normalized spacial score (nSPS) is 12.7. The first-order chi connectivity index (χ1) is 10.9. The molecule has 0 aromatic heterocycles. The van der Waals surface area contributed by atoms with E-state index in [2.05, 4.69) is 0 Å². The van der Waals surface area contributed by atoms with Crippen molar-refractivity contribution in [2.24, 2.45) is 0 Å². The molecule has 0 spiro atoms. The molecule has 0 aliphatic rings. The minimum Gasteiger partial charge on any atom is -0.449 e. The third kappa shape index (κ3) is 3.76. The Morgan fingerprint density at radius 2 is 1.78 bits per heavy atom. The third-order valence-electron chi connectivity index (χ3n) is 3.30. The van der Waals surface area contributed by atoms with Crippen LogP contribution in [0.3, 0.4) is 0 Å². The maximum absolute atomic E-state index is 13.3. The van der Waals surface area contributed by atoms with E-state index < -0.39 is 29.7 Å². The van der Waals surface area contributed by atoms with Gasteiger partial charge in [-0.05, 0) is 17.7 Å². The zero-order valence-corrected chi connectivity index (χ0v) is 12.6. The summed E-state index contributed by atoms with van der Waals surface area (Å²) in [6, 6.07) is 10.9. The molecule has 122 valence electrons. The smallest absolute Gasteiger partial charge is 0.416 e. The van der Waals surface area contributed by atoms with E-state index in [1.165, 1.54) is 24.3 Å². The van der Waals surface area contributed by atoms with Crippen LogP contribution >= 0.6 is 11.6 Å². The summed E-state index contributed by atoms with van der Waals surface area (Å²) in [5, 5.41) is 0. The van der Waals surface area contributed by atoms with Crippen molar-refractivity contribution in [1.29, 1.82) is 0 Å². The van der Waals surface area contributed by atoms with Gasteiger partial charge < -0.3 is 10.5 Å². The van der Waals surface area contributed by atoms with E-state index in [0.29, 0.717) is 5.56 Å². The average molecular weight is 344 g/mol. The molecule has 7 heteroatoms. The molecule has 0 radical (unpaired) electrons. The number of nitrogens with two attached hydrogens (primary N) is 1. The summed E-state index contributed by atoms with van der Waals surface area (Å²) in [4.78, 5) is 12.2. The van der Waals surface area contributed by atoms with Crippen molar-refractivity contribution in [3.05, 3.63) is 65.2 Å². The molecule has 0 aliphatic heterocycles. The maximum Gasteiger partial charge on any atom is 0.416 e. The number of ether oxygens (including phenoxy) is 1. The molecular weight excluding hydrogens is 331 g/mol. The summed E-state index contributed by atoms with van der Waals surface area (Å²) in [5.41, 5.74) is 4.64. The number of rotatable bonds is 4. The summed E-state index contributed by atoms with van der Waals surface area (Å²) in [5.74, 6) is -2.21. The first-order valence-corrected chi connectivity index (χ1v) is 7.13. The van der Waals surface area contributed by atoms with Crippen molar-refractivity contribution in [3.8, 4) is 0 Å². The molecule has 2 aromatic rings. The van der Waals surface area contributed by atoms with Crippen LogP contribution in [-0.2, 0) is 15.7 Å². The van der Waals surface area contributed by atoms with Gasteiger partial charge in [0.15, 0.2) is 6.07 Å². The molecule has 0 saturated carbocycles. The predicted molar refractivity (Wildman–Crippen MR) is 81.0 cm³/mol. The van der Waals surface area contributed by atoms with Crippen LogP contribution in [0, 0.1) is 0 Å². The van der Waals surface area contributed by atoms with Gasteiger partial charge in [0.2, 0.25) is 0 Å². The number of benzene rings is 2. The number of nitrogen functional groups attached to an aromatic ring is 1. The van der Waals surface area contributed by atoms with Crippen molar-refractivity contribution in [2.45, 2.75) is 12.1 Å². The molecule has 0 amide bonds. The van der Waals surface area contributed by atoms with Crippen molar-refractivity contribution in [2.75, 3.05) is 11.8 Å². The molecule has 0 bridgehead atoms. The first-order valence-electron chi connectivity index (χ1n) is 6.59. The standard InChI is InChI=1S/C16H13ClF3NO2/c17-9-23-15(22)13(10-5-2-1-3-6-10)14-11(16(18,19)20)7-4-8-12(14)21/h1-8,13H,9,21H2. The molecule has 0 fully saturated rings. The van der Waals surface area contributed by atoms with Gasteiger partial charge >= 0.3 is 12.1 Å². The lowest BCUT2D eigenvalue weighted by atomic mass is 9.86. The topological polar surface area (TPSA) is 52.3 Å². The number of anilines is 1. The van der Waals surface area contributed by atoms with Gasteiger partial charge in [-0.2, -0.15) is 13.2 Å². The fraction of sp³-hybridized carbons (Fsp3) is 0.188. The lowest BCUT2D eigenvalue weighted by Gasteiger charge is -2.22. The van der Waals surface area contributed by atoms with Crippen LogP contribution < -0.4 is 5.73 Å². The van der Waals surface area contributed by atoms with Crippen molar-refractivity contribution >= 4 is 23.3 Å². The van der Waals surface area contributed by atoms with Crippen LogP contribution in [0.1, 0.15) is 22.6 Å². The van der Waals surface area contributed by atoms with Gasteiger partial charge in [-0.15, -0.1) is 0 Å². The third-order valence-corrected chi connectivity index (χ3v) is 3.41. The highest BCUT2D eigenvalue weighted by molar-refractivity contribution is 6.17. The molecule has 0 aliphatic carbocycles. The van der Waals surface area contributed by atoms with Crippen molar-refractivity contribution < 1.29 is 22.7 Å². The van der Waals surface area contributed by atoms with Gasteiger partial charge in [-0.25, -0.2) is 0 Å². The molecule has 23 heavy (non-hydrogen) atoms. The van der Waals surface area contributed by atoms with E-state index in [1.807, 2.05) is 0 Å². The van der Waals surface area contributed by atoms with E-state index in [1.54, 1.807) is 18.2 Å². The van der Waals surface area contributed by atoms with Crippen molar-refractivity contribution in [3.63, 3.8) is 0 Å². The number of halogens is 4. The number of carbonyl (C=O) groups is 1. The van der Waals surface area contributed by atoms with Crippen molar-refractivity contribution in [1.82, 2.24) is 0 Å². The monoisotopic (exact) mass is 343 g/mol. The first kappa shape index (κ1) is 17.1. The Morgan fingerprint density at radius 1 is 1.13 bits per heavy atom. The number of hydrogen-bond acceptors (Lipinski definition) is 3. The minimum absolute atomic E-state index is 0.139. The molecule has 0 saturated heterocycles. The second-order valence-corrected chi connectivity index (χ2v) is 4.94. The molecule has 3 nitrogen and oxygen atoms in total. The van der Waals surface area contributed by atoms with E-state index in [-0.39, 0.29) is 11.3 Å². The molecular formula is C16H13ClF3NO2. The Bertz CT molecular complexity index is 689. The van der Waals surface area contributed by atoms with Gasteiger partial charge in [0.25, 0.3) is 0 Å². The molecule has 1 unspecified atom stereocenters. The second-order valence-electron chi connectivity index (χ2n) is 4.72. The molecule has 1 atom stereocenters. The van der Waals surface area contributed by atoms with Crippen LogP contribution in [0.4, 0.5) is 18.9 Å². The molecule has 2 aromatic carbocycles. The number of carbonyl (C=O) groups excluding carboxylic acids is 1.